The maximum absolute atomic E-state index is 10.5. The molecule has 0 amide bonds. The van der Waals surface area contributed by atoms with Gasteiger partial charge in [-0.15, -0.1) is 0 Å². The molecule has 0 saturated carbocycles. The Morgan fingerprint density at radius 2 is 2.10 bits per heavy atom. The first kappa shape index (κ1) is 9.43. The first-order valence-electron chi connectivity index (χ1n) is 3.45. The smallest absolute Gasteiger partial charge is 0.307 e. The molecule has 3 heteroatoms. The minimum absolute atomic E-state index is 0.0319. The lowest BCUT2D eigenvalue weighted by atomic mass is 10.2. The van der Waals surface area contributed by atoms with Crippen molar-refractivity contribution in [1.29, 1.82) is 0 Å². The molecule has 0 aliphatic carbocycles. The lowest BCUT2D eigenvalue weighted by Gasteiger charge is -2.13. The van der Waals surface area contributed by atoms with Crippen molar-refractivity contribution in [3.63, 3.8) is 0 Å². The fourth-order valence-electron chi connectivity index (χ4n) is 0.354. The molecule has 0 unspecified atom stereocenters. The van der Waals surface area contributed by atoms with Gasteiger partial charge in [-0.05, 0) is 0 Å². The highest BCUT2D eigenvalue weighted by molar-refractivity contribution is 5.68. The Bertz CT molecular complexity index is 109. The topological polar surface area (TPSA) is 46.5 Å². The van der Waals surface area contributed by atoms with Gasteiger partial charge in [0.2, 0.25) is 6.29 Å². The Balaban J connectivity index is 3.57. The Morgan fingerprint density at radius 1 is 1.60 bits per heavy atom. The molecule has 3 nitrogen and oxygen atoms in total. The molecule has 0 fully saturated rings. The lowest BCUT2D eigenvalue weighted by molar-refractivity contribution is -0.174. The molecule has 0 aromatic heterocycles. The minimum Gasteiger partial charge on any atom is -0.436 e. The second-order valence-corrected chi connectivity index (χ2v) is 2.48. The van der Waals surface area contributed by atoms with Crippen molar-refractivity contribution in [1.82, 2.24) is 0 Å². The Labute approximate surface area is 61.0 Å². The molecular formula is C7H14O3. The second kappa shape index (κ2) is 4.28. The number of hydrogen-bond acceptors (Lipinski definition) is 3. The van der Waals surface area contributed by atoms with Crippen molar-refractivity contribution in [2.45, 2.75) is 33.5 Å². The molecule has 0 aromatic carbocycles. The normalized spacial score (nSPS) is 13.3. The van der Waals surface area contributed by atoms with Crippen molar-refractivity contribution in [3.8, 4) is 0 Å². The van der Waals surface area contributed by atoms with Crippen LogP contribution in [0.4, 0.5) is 0 Å². The fraction of sp³-hybridized carbons (Fsp3) is 0.857. The summed E-state index contributed by atoms with van der Waals surface area (Å²) in [7, 11) is 0. The third-order valence-electron chi connectivity index (χ3n) is 1.11. The number of esters is 1. The maximum atomic E-state index is 10.5. The monoisotopic (exact) mass is 146 g/mol. The largest absolute Gasteiger partial charge is 0.436 e. The van der Waals surface area contributed by atoms with Gasteiger partial charge in [0.1, 0.15) is 0 Å². The number of rotatable bonds is 3. The van der Waals surface area contributed by atoms with E-state index >= 15 is 0 Å². The molecule has 0 aliphatic rings. The zero-order valence-corrected chi connectivity index (χ0v) is 6.63. The number of carbonyl (C=O) groups excluding carboxylic acids is 1. The van der Waals surface area contributed by atoms with E-state index in [1.165, 1.54) is 0 Å². The highest BCUT2D eigenvalue weighted by Crippen LogP contribution is 2.03. The lowest BCUT2D eigenvalue weighted by Crippen LogP contribution is -2.22. The van der Waals surface area contributed by atoms with Crippen LogP contribution in [0, 0.1) is 5.92 Å². The van der Waals surface area contributed by atoms with E-state index in [9.17, 15) is 4.79 Å². The molecule has 1 N–H and O–H groups in total. The third-order valence-corrected chi connectivity index (χ3v) is 1.11. The number of aliphatic hydroxyl groups is 1. The Morgan fingerprint density at radius 3 is 2.40 bits per heavy atom. The van der Waals surface area contributed by atoms with Crippen molar-refractivity contribution in [2.24, 2.45) is 5.92 Å². The summed E-state index contributed by atoms with van der Waals surface area (Å²) in [5, 5.41) is 8.98. The fourth-order valence-corrected chi connectivity index (χ4v) is 0.354. The number of ether oxygens (including phenoxy) is 1. The molecule has 0 heterocycles. The van der Waals surface area contributed by atoms with Gasteiger partial charge in [-0.3, -0.25) is 4.79 Å². The molecule has 10 heavy (non-hydrogen) atoms. The van der Waals surface area contributed by atoms with Crippen molar-refractivity contribution < 1.29 is 14.6 Å². The molecule has 0 rings (SSSR count). The van der Waals surface area contributed by atoms with Crippen LogP contribution in [-0.2, 0) is 9.53 Å². The summed E-state index contributed by atoms with van der Waals surface area (Å²) in [6, 6.07) is 0. The molecule has 0 bridgehead atoms. The predicted molar refractivity (Wildman–Crippen MR) is 37.2 cm³/mol. The first-order valence-corrected chi connectivity index (χ1v) is 3.45. The Kier molecular flexibility index (Phi) is 4.03. The standard InChI is InChI=1S/C7H14O3/c1-4-6(8)10-7(9)5(2)3/h5,7,9H,4H2,1-3H3/t7-/m0/s1. The second-order valence-electron chi connectivity index (χ2n) is 2.48. The average molecular weight is 146 g/mol. The quantitative estimate of drug-likeness (QED) is 0.475. The van der Waals surface area contributed by atoms with Crippen LogP contribution in [0.25, 0.3) is 0 Å². The summed E-state index contributed by atoms with van der Waals surface area (Å²) >= 11 is 0. The van der Waals surface area contributed by atoms with Gasteiger partial charge in [-0.25, -0.2) is 0 Å². The van der Waals surface area contributed by atoms with E-state index in [2.05, 4.69) is 4.74 Å². The molecule has 0 aromatic rings. The van der Waals surface area contributed by atoms with Crippen LogP contribution in [0.1, 0.15) is 27.2 Å². The van der Waals surface area contributed by atoms with Crippen LogP contribution in [-0.4, -0.2) is 17.4 Å². The van der Waals surface area contributed by atoms with Gasteiger partial charge in [0.05, 0.1) is 0 Å². The van der Waals surface area contributed by atoms with Crippen LogP contribution in [0.5, 0.6) is 0 Å². The number of aliphatic hydroxyl groups excluding tert-OH is 1. The van der Waals surface area contributed by atoms with Crippen LogP contribution in [0.2, 0.25) is 0 Å². The predicted octanol–water partition coefficient (Wildman–Crippen LogP) is 0.914. The van der Waals surface area contributed by atoms with E-state index in [-0.39, 0.29) is 11.9 Å². The summed E-state index contributed by atoms with van der Waals surface area (Å²) in [5.74, 6) is -0.392. The van der Waals surface area contributed by atoms with Crippen molar-refractivity contribution in [3.05, 3.63) is 0 Å². The van der Waals surface area contributed by atoms with Gasteiger partial charge in [0, 0.05) is 12.3 Å². The van der Waals surface area contributed by atoms with Gasteiger partial charge in [0.25, 0.3) is 0 Å². The van der Waals surface area contributed by atoms with Gasteiger partial charge < -0.3 is 9.84 Å². The first-order chi connectivity index (χ1) is 4.57. The summed E-state index contributed by atoms with van der Waals surface area (Å²) < 4.78 is 4.58. The van der Waals surface area contributed by atoms with E-state index in [4.69, 9.17) is 5.11 Å². The Hall–Kier alpha value is -0.570. The SMILES string of the molecule is CCC(=O)O[C@H](O)C(C)C. The van der Waals surface area contributed by atoms with E-state index < -0.39 is 6.29 Å². The van der Waals surface area contributed by atoms with E-state index in [1.807, 2.05) is 0 Å². The summed E-state index contributed by atoms with van der Waals surface area (Å²) in [5.41, 5.74) is 0. The highest BCUT2D eigenvalue weighted by Gasteiger charge is 2.12. The molecule has 0 spiro atoms. The molecule has 0 aliphatic heterocycles. The molecule has 0 radical (unpaired) electrons. The van der Waals surface area contributed by atoms with E-state index in [0.29, 0.717) is 6.42 Å². The maximum Gasteiger partial charge on any atom is 0.307 e. The molecule has 60 valence electrons. The average Bonchev–Trinajstić information content (AvgIpc) is 1.87. The molecule has 1 atom stereocenters. The zero-order valence-electron chi connectivity index (χ0n) is 6.63. The minimum atomic E-state index is -0.951. The summed E-state index contributed by atoms with van der Waals surface area (Å²) in [6.45, 7) is 5.26. The van der Waals surface area contributed by atoms with Gasteiger partial charge >= 0.3 is 5.97 Å². The number of carbonyl (C=O) groups is 1. The summed E-state index contributed by atoms with van der Waals surface area (Å²) in [4.78, 5) is 10.5. The van der Waals surface area contributed by atoms with Crippen LogP contribution in [0.3, 0.4) is 0 Å². The third kappa shape index (κ3) is 3.45. The van der Waals surface area contributed by atoms with Crippen LogP contribution in [0.15, 0.2) is 0 Å². The van der Waals surface area contributed by atoms with Crippen molar-refractivity contribution >= 4 is 5.97 Å². The zero-order chi connectivity index (χ0) is 8.15. The van der Waals surface area contributed by atoms with Gasteiger partial charge in [-0.1, -0.05) is 20.8 Å². The molecular weight excluding hydrogens is 132 g/mol. The number of hydrogen-bond donors (Lipinski definition) is 1. The van der Waals surface area contributed by atoms with Gasteiger partial charge in [-0.2, -0.15) is 0 Å². The van der Waals surface area contributed by atoms with Crippen LogP contribution < -0.4 is 0 Å². The van der Waals surface area contributed by atoms with Crippen LogP contribution >= 0.6 is 0 Å². The highest BCUT2D eigenvalue weighted by atomic mass is 16.6. The van der Waals surface area contributed by atoms with E-state index in [0.717, 1.165) is 0 Å². The molecule has 0 saturated heterocycles. The van der Waals surface area contributed by atoms with E-state index in [1.54, 1.807) is 20.8 Å². The van der Waals surface area contributed by atoms with Gasteiger partial charge in [0.15, 0.2) is 0 Å². The summed E-state index contributed by atoms with van der Waals surface area (Å²) in [6.07, 6.45) is -0.642. The van der Waals surface area contributed by atoms with Crippen molar-refractivity contribution in [2.75, 3.05) is 0 Å².